The molecule has 0 bridgehead atoms. The molecule has 218 valence electrons. The first-order valence-corrected chi connectivity index (χ1v) is 16.3. The number of rotatable bonds is 11. The van der Waals surface area contributed by atoms with E-state index in [0.29, 0.717) is 23.4 Å². The molecular weight excluding hydrogens is 614 g/mol. The fraction of sp³-hybridized carbons (Fsp3) is 0.273. The summed E-state index contributed by atoms with van der Waals surface area (Å²) in [6.07, 6.45) is 0.762. The molecule has 9 heteroatoms. The van der Waals surface area contributed by atoms with E-state index in [0.717, 1.165) is 26.4 Å². The Kier molecular flexibility index (Phi) is 8.99. The lowest BCUT2D eigenvalue weighted by Crippen LogP contribution is -2.51. The van der Waals surface area contributed by atoms with Gasteiger partial charge in [0.1, 0.15) is 6.04 Å². The van der Waals surface area contributed by atoms with Crippen LogP contribution in [0.2, 0.25) is 0 Å². The summed E-state index contributed by atoms with van der Waals surface area (Å²) in [4.78, 5) is 29.4. The third-order valence-electron chi connectivity index (χ3n) is 7.40. The van der Waals surface area contributed by atoms with Gasteiger partial charge in [0.05, 0.1) is 10.6 Å². The number of nitrogens with one attached hydrogen (secondary N) is 1. The minimum atomic E-state index is -3.71. The Labute approximate surface area is 255 Å². The zero-order chi connectivity index (χ0) is 29.9. The Bertz CT molecular complexity index is 1690. The van der Waals surface area contributed by atoms with Crippen molar-refractivity contribution in [1.82, 2.24) is 10.2 Å². The van der Waals surface area contributed by atoms with E-state index in [1.54, 1.807) is 17.0 Å². The van der Waals surface area contributed by atoms with E-state index in [1.165, 1.54) is 4.31 Å². The van der Waals surface area contributed by atoms with Gasteiger partial charge in [0.2, 0.25) is 11.8 Å². The van der Waals surface area contributed by atoms with Crippen LogP contribution in [-0.4, -0.2) is 43.8 Å². The van der Waals surface area contributed by atoms with Gasteiger partial charge in [0.25, 0.3) is 10.0 Å². The molecule has 1 atom stereocenters. The van der Waals surface area contributed by atoms with Gasteiger partial charge in [-0.25, -0.2) is 8.42 Å². The lowest BCUT2D eigenvalue weighted by molar-refractivity contribution is -0.141. The van der Waals surface area contributed by atoms with Crippen molar-refractivity contribution in [2.75, 3.05) is 10.8 Å². The first-order valence-electron chi connectivity index (χ1n) is 14.1. The molecule has 0 radical (unpaired) electrons. The Morgan fingerprint density at radius 3 is 2.26 bits per heavy atom. The Morgan fingerprint density at radius 2 is 1.57 bits per heavy atom. The Morgan fingerprint density at radius 1 is 0.881 bits per heavy atom. The summed E-state index contributed by atoms with van der Waals surface area (Å²) in [5, 5.41) is 4.59. The number of carbonyl (C=O) groups is 2. The van der Waals surface area contributed by atoms with Crippen LogP contribution in [0.3, 0.4) is 0 Å². The van der Waals surface area contributed by atoms with Gasteiger partial charge in [-0.1, -0.05) is 82.7 Å². The average Bonchev–Trinajstić information content (AvgIpc) is 3.19. The molecule has 4 aromatic rings. The van der Waals surface area contributed by atoms with Crippen LogP contribution in [0.1, 0.15) is 37.8 Å². The molecule has 4 aromatic carbocycles. The van der Waals surface area contributed by atoms with Crippen molar-refractivity contribution in [3.63, 3.8) is 0 Å². The summed E-state index contributed by atoms with van der Waals surface area (Å²) in [7, 11) is -3.71. The molecule has 42 heavy (non-hydrogen) atoms. The van der Waals surface area contributed by atoms with Crippen LogP contribution < -0.4 is 9.62 Å². The van der Waals surface area contributed by atoms with Crippen molar-refractivity contribution in [2.45, 2.75) is 56.6 Å². The predicted octanol–water partition coefficient (Wildman–Crippen LogP) is 6.06. The Balaban J connectivity index is 1.39. The van der Waals surface area contributed by atoms with Gasteiger partial charge in [-0.2, -0.15) is 0 Å². The number of hydrogen-bond acceptors (Lipinski definition) is 4. The topological polar surface area (TPSA) is 86.8 Å². The van der Waals surface area contributed by atoms with E-state index < -0.39 is 16.1 Å². The first kappa shape index (κ1) is 29.8. The predicted molar refractivity (Wildman–Crippen MR) is 170 cm³/mol. The second kappa shape index (κ2) is 12.7. The first-order chi connectivity index (χ1) is 20.1. The molecule has 0 saturated heterocycles. The molecule has 0 fully saturated rings. The maximum atomic E-state index is 13.9. The number of nitrogens with zero attached hydrogens (tertiary/aromatic N) is 2. The minimum absolute atomic E-state index is 0.0924. The van der Waals surface area contributed by atoms with Crippen molar-refractivity contribution in [1.29, 1.82) is 0 Å². The van der Waals surface area contributed by atoms with Crippen LogP contribution in [0.4, 0.5) is 5.69 Å². The molecule has 1 heterocycles. The van der Waals surface area contributed by atoms with E-state index in [4.69, 9.17) is 0 Å². The van der Waals surface area contributed by atoms with Crippen molar-refractivity contribution < 1.29 is 18.0 Å². The van der Waals surface area contributed by atoms with E-state index in [9.17, 15) is 18.0 Å². The van der Waals surface area contributed by atoms with E-state index >= 15 is 0 Å². The largest absolute Gasteiger partial charge is 0.352 e. The van der Waals surface area contributed by atoms with Crippen LogP contribution >= 0.6 is 15.9 Å². The zero-order valence-corrected chi connectivity index (χ0v) is 26.1. The number of sulfonamides is 1. The minimum Gasteiger partial charge on any atom is -0.352 e. The van der Waals surface area contributed by atoms with Gasteiger partial charge >= 0.3 is 0 Å². The van der Waals surface area contributed by atoms with Crippen molar-refractivity contribution in [3.8, 4) is 0 Å². The SMILES string of the molecule is CC(C)NC(=O)[C@H](Cc1ccccc1)N(Cc1ccc(Br)cc1)C(=O)CCCN1c2cccc3cccc(c23)S1(=O)=O. The quantitative estimate of drug-likeness (QED) is 0.215. The zero-order valence-electron chi connectivity index (χ0n) is 23.7. The molecule has 0 aliphatic carbocycles. The van der Waals surface area contributed by atoms with Crippen LogP contribution in [-0.2, 0) is 32.6 Å². The van der Waals surface area contributed by atoms with E-state index in [2.05, 4.69) is 21.2 Å². The number of carbonyl (C=O) groups excluding carboxylic acids is 2. The monoisotopic (exact) mass is 647 g/mol. The highest BCUT2D eigenvalue weighted by Crippen LogP contribution is 2.42. The highest BCUT2D eigenvalue weighted by atomic mass is 79.9. The number of amides is 2. The Hall–Kier alpha value is -3.69. The molecule has 1 N–H and O–H groups in total. The van der Waals surface area contributed by atoms with Gasteiger partial charge in [0.15, 0.2) is 0 Å². The van der Waals surface area contributed by atoms with E-state index in [1.807, 2.05) is 92.7 Å². The maximum Gasteiger partial charge on any atom is 0.265 e. The summed E-state index contributed by atoms with van der Waals surface area (Å²) >= 11 is 3.46. The van der Waals surface area contributed by atoms with Crippen LogP contribution in [0, 0.1) is 0 Å². The molecular formula is C33H34BrN3O4S. The fourth-order valence-corrected chi connectivity index (χ4v) is 7.45. The standard InChI is InChI=1S/C33H34BrN3O4S/c1-23(2)35-33(39)29(21-24-9-4-3-5-10-24)36(22-25-16-18-27(34)19-17-25)31(38)15-8-20-37-28-13-6-11-26-12-7-14-30(32(26)28)42(37,40)41/h3-7,9-14,16-19,23,29H,8,15,20-22H2,1-2H3,(H,35,39)/t29-/m0/s1. The molecule has 0 aromatic heterocycles. The smallest absolute Gasteiger partial charge is 0.265 e. The van der Waals surface area contributed by atoms with Gasteiger partial charge in [-0.15, -0.1) is 0 Å². The normalized spacial score (nSPS) is 14.2. The lowest BCUT2D eigenvalue weighted by atomic mass is 10.0. The number of anilines is 1. The lowest BCUT2D eigenvalue weighted by Gasteiger charge is -2.32. The van der Waals surface area contributed by atoms with Crippen LogP contribution in [0.15, 0.2) is 100 Å². The summed E-state index contributed by atoms with van der Waals surface area (Å²) < 4.78 is 29.2. The van der Waals surface area contributed by atoms with Crippen molar-refractivity contribution in [2.24, 2.45) is 0 Å². The molecule has 2 amide bonds. The maximum absolute atomic E-state index is 13.9. The summed E-state index contributed by atoms with van der Waals surface area (Å²) in [6.45, 7) is 4.21. The van der Waals surface area contributed by atoms with E-state index in [-0.39, 0.29) is 37.4 Å². The number of halogens is 1. The highest BCUT2D eigenvalue weighted by Gasteiger charge is 2.36. The third-order valence-corrected chi connectivity index (χ3v) is 9.79. The number of benzene rings is 4. The molecule has 1 aliphatic rings. The molecule has 0 unspecified atom stereocenters. The molecule has 1 aliphatic heterocycles. The van der Waals surface area contributed by atoms with Crippen molar-refractivity contribution >= 4 is 54.2 Å². The van der Waals surface area contributed by atoms with Gasteiger partial charge in [-0.3, -0.25) is 13.9 Å². The molecule has 0 spiro atoms. The summed E-state index contributed by atoms with van der Waals surface area (Å²) in [5.41, 5.74) is 2.48. The van der Waals surface area contributed by atoms with Gasteiger partial charge in [-0.05, 0) is 61.0 Å². The fourth-order valence-electron chi connectivity index (χ4n) is 5.44. The molecule has 5 rings (SSSR count). The number of hydrogen-bond donors (Lipinski definition) is 1. The average molecular weight is 649 g/mol. The van der Waals surface area contributed by atoms with Gasteiger partial charge in [0, 0.05) is 41.8 Å². The van der Waals surface area contributed by atoms with Crippen LogP contribution in [0.25, 0.3) is 10.8 Å². The summed E-state index contributed by atoms with van der Waals surface area (Å²) in [6, 6.07) is 27.4. The highest BCUT2D eigenvalue weighted by molar-refractivity contribution is 9.10. The second-order valence-corrected chi connectivity index (χ2v) is 13.6. The second-order valence-electron chi connectivity index (χ2n) is 10.8. The van der Waals surface area contributed by atoms with Gasteiger partial charge < -0.3 is 10.2 Å². The third kappa shape index (κ3) is 6.37. The van der Waals surface area contributed by atoms with Crippen molar-refractivity contribution in [3.05, 3.63) is 107 Å². The molecule has 0 saturated carbocycles. The molecule has 7 nitrogen and oxygen atoms in total. The van der Waals surface area contributed by atoms with Crippen LogP contribution in [0.5, 0.6) is 0 Å². The summed E-state index contributed by atoms with van der Waals surface area (Å²) in [5.74, 6) is -0.423.